The van der Waals surface area contributed by atoms with Crippen molar-refractivity contribution in [1.29, 1.82) is 0 Å². The zero-order valence-electron chi connectivity index (χ0n) is 25.2. The molecule has 0 amide bonds. The van der Waals surface area contributed by atoms with Crippen LogP contribution < -0.4 is 0 Å². The Morgan fingerprint density at radius 2 is 1.73 bits per heavy atom. The maximum absolute atomic E-state index is 13.9. The number of fused-ring (bicyclic) bond motifs is 2. The topological polar surface area (TPSA) is 143 Å². The number of benzene rings is 2. The SMILES string of the molecule is C=C(C)[C@@]12OC3(c4ccccc4)C[C@@]4([C@H]([C@H]1O3)[C@H](O)[C@](Cl)(CO)[C@@H](O)[C@]1(O)C(=O)C(C)=C[C@H]14)[C@H](C)[C@H]2OC(=O)c1ccccc1. The van der Waals surface area contributed by atoms with Crippen LogP contribution in [0.1, 0.15) is 43.1 Å². The summed E-state index contributed by atoms with van der Waals surface area (Å²) in [4.78, 5) is 25.4. The number of esters is 1. The summed E-state index contributed by atoms with van der Waals surface area (Å²) in [6, 6.07) is 17.7. The number of halogens is 1. The number of aliphatic hydroxyl groups excluding tert-OH is 3. The second-order valence-electron chi connectivity index (χ2n) is 13.5. The van der Waals surface area contributed by atoms with Gasteiger partial charge in [0, 0.05) is 29.7 Å². The number of carbonyl (C=O) groups is 2. The smallest absolute Gasteiger partial charge is 0.338 e. The lowest BCUT2D eigenvalue weighted by molar-refractivity contribution is -0.280. The molecule has 9 nitrogen and oxygen atoms in total. The summed E-state index contributed by atoms with van der Waals surface area (Å²) in [5, 5.41) is 47.2. The van der Waals surface area contributed by atoms with Crippen LogP contribution in [0.3, 0.4) is 0 Å². The number of Topliss-reactive ketones (excluding diaryl/α,β-unsaturated/α-hetero) is 1. The normalized spacial score (nSPS) is 46.2. The van der Waals surface area contributed by atoms with Crippen molar-refractivity contribution < 1.29 is 44.2 Å². The fourth-order valence-electron chi connectivity index (χ4n) is 9.48. The highest BCUT2D eigenvalue weighted by Crippen LogP contribution is 2.75. The zero-order valence-corrected chi connectivity index (χ0v) is 26.0. The molecule has 2 aromatic carbocycles. The zero-order chi connectivity index (χ0) is 32.3. The molecule has 5 aliphatic rings. The van der Waals surface area contributed by atoms with Gasteiger partial charge in [-0.1, -0.05) is 68.1 Å². The molecule has 7 rings (SSSR count). The Kier molecular flexibility index (Phi) is 6.70. The van der Waals surface area contributed by atoms with Crippen molar-refractivity contribution in [2.24, 2.45) is 23.2 Å². The molecule has 3 aliphatic carbocycles. The molecule has 4 N–H and O–H groups in total. The molecule has 2 saturated heterocycles. The van der Waals surface area contributed by atoms with Crippen LogP contribution >= 0.6 is 11.6 Å². The van der Waals surface area contributed by atoms with Gasteiger partial charge in [0.25, 0.3) is 0 Å². The standard InChI is InChI=1S/C35H37ClO9/c1-18(2)35-27(43-29(40)21-11-7-5-8-12-21)20(4)31-16-33(45-35,22-13-9-6-10-14-22)44-28(35)24(31)26(39)32(36,17-37)30(41)34(42)23(31)15-19(3)25(34)38/h5-15,20,23-24,26-28,30,37,39,41-42H,1,16-17H2,2-4H3/t20-,23+,24+,26+,27-,28-,30-,31-,32-,33?,34-,35+/m1/s1. The lowest BCUT2D eigenvalue weighted by Gasteiger charge is -2.63. The van der Waals surface area contributed by atoms with Crippen molar-refractivity contribution in [2.45, 2.75) is 73.5 Å². The molecule has 4 fully saturated rings. The van der Waals surface area contributed by atoms with Crippen LogP contribution in [0.15, 0.2) is 84.5 Å². The van der Waals surface area contributed by atoms with Gasteiger partial charge in [-0.3, -0.25) is 4.79 Å². The molecule has 45 heavy (non-hydrogen) atoms. The molecule has 238 valence electrons. The van der Waals surface area contributed by atoms with Gasteiger partial charge in [-0.2, -0.15) is 0 Å². The molecule has 2 heterocycles. The maximum atomic E-state index is 13.9. The van der Waals surface area contributed by atoms with E-state index in [2.05, 4.69) is 6.58 Å². The van der Waals surface area contributed by atoms with Crippen molar-refractivity contribution >= 4 is 23.4 Å². The fourth-order valence-corrected chi connectivity index (χ4v) is 9.78. The van der Waals surface area contributed by atoms with Gasteiger partial charge in [-0.15, -0.1) is 11.6 Å². The van der Waals surface area contributed by atoms with Gasteiger partial charge in [-0.25, -0.2) is 4.79 Å². The third-order valence-corrected chi connectivity index (χ3v) is 12.1. The van der Waals surface area contributed by atoms with E-state index in [1.54, 1.807) is 50.3 Å². The second-order valence-corrected chi connectivity index (χ2v) is 14.2. The highest BCUT2D eigenvalue weighted by molar-refractivity contribution is 6.25. The Bertz CT molecular complexity index is 1610. The third-order valence-electron chi connectivity index (χ3n) is 11.5. The molecule has 12 atom stereocenters. The lowest BCUT2D eigenvalue weighted by atomic mass is 9.45. The van der Waals surface area contributed by atoms with E-state index >= 15 is 0 Å². The van der Waals surface area contributed by atoms with Gasteiger partial charge in [0.1, 0.15) is 23.2 Å². The molecule has 2 saturated carbocycles. The Morgan fingerprint density at radius 1 is 1.11 bits per heavy atom. The monoisotopic (exact) mass is 636 g/mol. The number of carbonyl (C=O) groups excluding carboxylic acids is 2. The highest BCUT2D eigenvalue weighted by Gasteiger charge is 2.85. The molecule has 2 aliphatic heterocycles. The van der Waals surface area contributed by atoms with E-state index in [-0.39, 0.29) is 12.0 Å². The number of ether oxygens (including phenoxy) is 3. The van der Waals surface area contributed by atoms with Crippen LogP contribution in [0.2, 0.25) is 0 Å². The van der Waals surface area contributed by atoms with Gasteiger partial charge < -0.3 is 34.6 Å². The summed E-state index contributed by atoms with van der Waals surface area (Å²) in [5.74, 6) is -5.75. The van der Waals surface area contributed by atoms with Crippen LogP contribution in [0.5, 0.6) is 0 Å². The van der Waals surface area contributed by atoms with E-state index in [0.29, 0.717) is 16.7 Å². The molecular weight excluding hydrogens is 600 g/mol. The van der Waals surface area contributed by atoms with E-state index < -0.39 is 87.8 Å². The van der Waals surface area contributed by atoms with Crippen molar-refractivity contribution in [3.63, 3.8) is 0 Å². The van der Waals surface area contributed by atoms with Gasteiger partial charge >= 0.3 is 5.97 Å². The second kappa shape index (κ2) is 9.81. The largest absolute Gasteiger partial charge is 0.455 e. The van der Waals surface area contributed by atoms with Crippen LogP contribution in [0.25, 0.3) is 0 Å². The average molecular weight is 637 g/mol. The van der Waals surface area contributed by atoms with Crippen molar-refractivity contribution in [3.8, 4) is 0 Å². The molecule has 3 bridgehead atoms. The molecular formula is C35H37ClO9. The minimum atomic E-state index is -2.52. The van der Waals surface area contributed by atoms with Crippen molar-refractivity contribution in [3.05, 3.63) is 95.6 Å². The minimum absolute atomic E-state index is 0.00697. The van der Waals surface area contributed by atoms with Gasteiger partial charge in [0.15, 0.2) is 22.8 Å². The van der Waals surface area contributed by atoms with Crippen molar-refractivity contribution in [2.75, 3.05) is 6.61 Å². The van der Waals surface area contributed by atoms with E-state index in [4.69, 9.17) is 25.8 Å². The predicted octanol–water partition coefficient (Wildman–Crippen LogP) is 3.03. The Morgan fingerprint density at radius 3 is 2.33 bits per heavy atom. The van der Waals surface area contributed by atoms with Crippen LogP contribution in [0, 0.1) is 23.2 Å². The summed E-state index contributed by atoms with van der Waals surface area (Å²) in [6.45, 7) is 8.46. The van der Waals surface area contributed by atoms with E-state index in [1.807, 2.05) is 37.3 Å². The molecule has 2 aromatic rings. The number of ketones is 1. The number of aliphatic hydroxyl groups is 4. The van der Waals surface area contributed by atoms with Crippen molar-refractivity contribution in [1.82, 2.24) is 0 Å². The summed E-state index contributed by atoms with van der Waals surface area (Å²) in [5.41, 5.74) is -3.77. The first-order valence-electron chi connectivity index (χ1n) is 15.2. The van der Waals surface area contributed by atoms with E-state index in [0.717, 1.165) is 0 Å². The Hall–Kier alpha value is -2.89. The Labute approximate surface area is 266 Å². The average Bonchev–Trinajstić information content (AvgIpc) is 3.43. The summed E-state index contributed by atoms with van der Waals surface area (Å²) >= 11 is 6.96. The quantitative estimate of drug-likeness (QED) is 0.221. The molecule has 0 radical (unpaired) electrons. The van der Waals surface area contributed by atoms with Crippen LogP contribution in [-0.2, 0) is 24.8 Å². The summed E-state index contributed by atoms with van der Waals surface area (Å²) in [7, 11) is 0. The number of hydrogen-bond donors (Lipinski definition) is 4. The first-order valence-corrected chi connectivity index (χ1v) is 15.6. The predicted molar refractivity (Wildman–Crippen MR) is 162 cm³/mol. The van der Waals surface area contributed by atoms with E-state index in [1.165, 1.54) is 0 Å². The Balaban J connectivity index is 1.54. The molecule has 10 heteroatoms. The van der Waals surface area contributed by atoms with Gasteiger partial charge in [0.05, 0.1) is 18.3 Å². The van der Waals surface area contributed by atoms with Gasteiger partial charge in [-0.05, 0) is 42.5 Å². The molecule has 0 spiro atoms. The van der Waals surface area contributed by atoms with Gasteiger partial charge in [0.2, 0.25) is 0 Å². The van der Waals surface area contributed by atoms with Crippen LogP contribution in [0.4, 0.5) is 0 Å². The number of hydrogen-bond acceptors (Lipinski definition) is 9. The van der Waals surface area contributed by atoms with E-state index in [9.17, 15) is 30.0 Å². The molecule has 1 unspecified atom stereocenters. The molecule has 0 aromatic heterocycles. The third kappa shape index (κ3) is 3.55. The fraction of sp³-hybridized carbons (Fsp3) is 0.486. The maximum Gasteiger partial charge on any atom is 0.338 e. The number of alkyl halides is 1. The first-order chi connectivity index (χ1) is 21.3. The first kappa shape index (κ1) is 30.7. The summed E-state index contributed by atoms with van der Waals surface area (Å²) < 4.78 is 20.4. The number of rotatable bonds is 5. The lowest BCUT2D eigenvalue weighted by Crippen LogP contribution is -2.73. The highest BCUT2D eigenvalue weighted by atomic mass is 35.5. The van der Waals surface area contributed by atoms with Crippen LogP contribution in [-0.4, -0.2) is 79.3 Å². The minimum Gasteiger partial charge on any atom is -0.455 e. The summed E-state index contributed by atoms with van der Waals surface area (Å²) in [6.07, 6.45) is -4.33.